The van der Waals surface area contributed by atoms with E-state index in [1.54, 1.807) is 19.4 Å². The lowest BCUT2D eigenvalue weighted by Gasteiger charge is -2.10. The molecule has 0 bridgehead atoms. The Labute approximate surface area is 113 Å². The molecule has 1 aromatic heterocycles. The van der Waals surface area contributed by atoms with Crippen LogP contribution < -0.4 is 10.1 Å². The second-order valence-electron chi connectivity index (χ2n) is 4.16. The highest BCUT2D eigenvalue weighted by Crippen LogP contribution is 2.34. The third-order valence-corrected chi connectivity index (χ3v) is 3.46. The number of ether oxygens (including phenoxy) is 1. The van der Waals surface area contributed by atoms with Crippen LogP contribution in [0.2, 0.25) is 0 Å². The molecule has 0 unspecified atom stereocenters. The molecule has 1 aromatic rings. The van der Waals surface area contributed by atoms with Gasteiger partial charge < -0.3 is 10.1 Å². The van der Waals surface area contributed by atoms with Crippen molar-refractivity contribution in [2.24, 2.45) is 0 Å². The second-order valence-corrected chi connectivity index (χ2v) is 4.72. The number of hydrogen-bond acceptors (Lipinski definition) is 4. The number of nitriles is 1. The van der Waals surface area contributed by atoms with E-state index in [-0.39, 0.29) is 11.6 Å². The molecule has 1 saturated carbocycles. The van der Waals surface area contributed by atoms with Gasteiger partial charge in [0, 0.05) is 23.2 Å². The van der Waals surface area contributed by atoms with Gasteiger partial charge in [-0.05, 0) is 12.8 Å². The van der Waals surface area contributed by atoms with E-state index in [4.69, 9.17) is 10.00 Å². The van der Waals surface area contributed by atoms with Gasteiger partial charge in [0.1, 0.15) is 17.0 Å². The van der Waals surface area contributed by atoms with Crippen LogP contribution in [0.5, 0.6) is 5.75 Å². The van der Waals surface area contributed by atoms with E-state index in [2.05, 4.69) is 32.3 Å². The summed E-state index contributed by atoms with van der Waals surface area (Å²) in [6.45, 7) is 0. The summed E-state index contributed by atoms with van der Waals surface area (Å²) < 4.78 is 5.18. The molecule has 1 amide bonds. The molecule has 1 heterocycles. The van der Waals surface area contributed by atoms with Gasteiger partial charge in [0.15, 0.2) is 0 Å². The van der Waals surface area contributed by atoms with Gasteiger partial charge in [-0.3, -0.25) is 9.78 Å². The van der Waals surface area contributed by atoms with Crippen LogP contribution in [0.1, 0.15) is 28.9 Å². The largest absolute Gasteiger partial charge is 0.496 e. The van der Waals surface area contributed by atoms with Crippen LogP contribution in [0, 0.1) is 11.3 Å². The Morgan fingerprint density at radius 1 is 1.72 bits per heavy atom. The fourth-order valence-corrected chi connectivity index (χ4v) is 1.97. The lowest BCUT2D eigenvalue weighted by Crippen LogP contribution is -2.36. The van der Waals surface area contributed by atoms with Crippen molar-refractivity contribution in [2.75, 3.05) is 7.11 Å². The van der Waals surface area contributed by atoms with Crippen LogP contribution in [0.15, 0.2) is 12.3 Å². The monoisotopic (exact) mass is 309 g/mol. The number of hydrogen-bond donors (Lipinski definition) is 1. The van der Waals surface area contributed by atoms with Gasteiger partial charge in [0.05, 0.1) is 13.2 Å². The molecule has 1 aliphatic rings. The van der Waals surface area contributed by atoms with Gasteiger partial charge in [0.25, 0.3) is 5.91 Å². The summed E-state index contributed by atoms with van der Waals surface area (Å²) in [6, 6.07) is 3.69. The average Bonchev–Trinajstić information content (AvgIpc) is 3.18. The zero-order valence-corrected chi connectivity index (χ0v) is 11.5. The van der Waals surface area contributed by atoms with Gasteiger partial charge in [-0.15, -0.1) is 0 Å². The molecule has 1 aliphatic carbocycles. The minimum atomic E-state index is -0.680. The maximum absolute atomic E-state index is 11.9. The number of carbonyl (C=O) groups excluding carboxylic acids is 1. The lowest BCUT2D eigenvalue weighted by atomic mass is 10.2. The van der Waals surface area contributed by atoms with Crippen molar-refractivity contribution < 1.29 is 9.53 Å². The average molecular weight is 310 g/mol. The number of aromatic nitrogens is 1. The van der Waals surface area contributed by atoms with E-state index in [9.17, 15) is 4.79 Å². The first-order chi connectivity index (χ1) is 8.64. The molecular weight excluding hydrogens is 298 g/mol. The number of nitrogens with zero attached hydrogens (tertiary/aromatic N) is 2. The number of pyridine rings is 1. The van der Waals surface area contributed by atoms with Gasteiger partial charge in [-0.25, -0.2) is 0 Å². The number of amides is 1. The first-order valence-electron chi connectivity index (χ1n) is 5.47. The van der Waals surface area contributed by atoms with E-state index in [0.29, 0.717) is 23.9 Å². The molecule has 0 atom stereocenters. The number of alkyl halides is 1. The molecule has 1 N–H and O–H groups in total. The summed E-state index contributed by atoms with van der Waals surface area (Å²) in [4.78, 5) is 16.0. The smallest absolute Gasteiger partial charge is 0.271 e. The number of nitrogens with one attached hydrogen (secondary N) is 1. The second kappa shape index (κ2) is 4.94. The molecule has 18 heavy (non-hydrogen) atoms. The van der Waals surface area contributed by atoms with Crippen molar-refractivity contribution in [3.8, 4) is 11.8 Å². The standard InChI is InChI=1S/C12H12BrN3O2/c1-18-10-4-9(15-6-8(10)5-13)11(17)16-12(7-14)2-3-12/h4,6H,2-3,5H2,1H3,(H,16,17). The number of carbonyl (C=O) groups is 1. The third-order valence-electron chi connectivity index (χ3n) is 2.86. The highest BCUT2D eigenvalue weighted by Gasteiger charge is 2.44. The summed E-state index contributed by atoms with van der Waals surface area (Å²) in [5.41, 5.74) is 0.452. The Kier molecular flexibility index (Phi) is 3.53. The van der Waals surface area contributed by atoms with Gasteiger partial charge >= 0.3 is 0 Å². The van der Waals surface area contributed by atoms with E-state index in [0.717, 1.165) is 5.56 Å². The van der Waals surface area contributed by atoms with Crippen LogP contribution in [0.4, 0.5) is 0 Å². The molecule has 5 nitrogen and oxygen atoms in total. The van der Waals surface area contributed by atoms with E-state index in [1.165, 1.54) is 0 Å². The summed E-state index contributed by atoms with van der Waals surface area (Å²) in [6.07, 6.45) is 2.99. The fourth-order valence-electron chi connectivity index (χ4n) is 1.55. The number of rotatable bonds is 4. The zero-order chi connectivity index (χ0) is 13.2. The third kappa shape index (κ3) is 2.46. The van der Waals surface area contributed by atoms with Gasteiger partial charge in [0.2, 0.25) is 0 Å². The molecule has 2 rings (SSSR count). The summed E-state index contributed by atoms with van der Waals surface area (Å²) >= 11 is 3.32. The highest BCUT2D eigenvalue weighted by atomic mass is 79.9. The van der Waals surface area contributed by atoms with E-state index in [1.807, 2.05) is 0 Å². The first kappa shape index (κ1) is 12.8. The predicted molar refractivity (Wildman–Crippen MR) is 68.5 cm³/mol. The maximum atomic E-state index is 11.9. The topological polar surface area (TPSA) is 75.0 Å². The SMILES string of the molecule is COc1cc(C(=O)NC2(C#N)CC2)ncc1CBr. The Morgan fingerprint density at radius 3 is 2.94 bits per heavy atom. The van der Waals surface area contributed by atoms with Crippen molar-refractivity contribution in [3.05, 3.63) is 23.5 Å². The van der Waals surface area contributed by atoms with Crippen molar-refractivity contribution in [3.63, 3.8) is 0 Å². The minimum Gasteiger partial charge on any atom is -0.496 e. The first-order valence-corrected chi connectivity index (χ1v) is 6.59. The normalized spacial score (nSPS) is 15.6. The number of halogens is 1. The molecular formula is C12H12BrN3O2. The molecule has 6 heteroatoms. The van der Waals surface area contributed by atoms with Crippen LogP contribution in [-0.4, -0.2) is 23.5 Å². The Morgan fingerprint density at radius 2 is 2.44 bits per heavy atom. The summed E-state index contributed by atoms with van der Waals surface area (Å²) in [5, 5.41) is 12.2. The lowest BCUT2D eigenvalue weighted by molar-refractivity contribution is 0.0936. The predicted octanol–water partition coefficient (Wildman–Crippen LogP) is 1.77. The Balaban J connectivity index is 2.18. The van der Waals surface area contributed by atoms with Crippen LogP contribution in [0.25, 0.3) is 0 Å². The molecule has 94 valence electrons. The Bertz CT molecular complexity index is 521. The zero-order valence-electron chi connectivity index (χ0n) is 9.86. The van der Waals surface area contributed by atoms with Crippen molar-refractivity contribution in [1.29, 1.82) is 5.26 Å². The molecule has 0 saturated heterocycles. The molecule has 0 aliphatic heterocycles. The van der Waals surface area contributed by atoms with Crippen molar-refractivity contribution in [1.82, 2.24) is 10.3 Å². The van der Waals surface area contributed by atoms with Crippen LogP contribution in [-0.2, 0) is 5.33 Å². The van der Waals surface area contributed by atoms with Gasteiger partial charge in [-0.1, -0.05) is 15.9 Å². The molecule has 0 spiro atoms. The number of methoxy groups -OCH3 is 1. The quantitative estimate of drug-likeness (QED) is 0.860. The minimum absolute atomic E-state index is 0.262. The fraction of sp³-hybridized carbons (Fsp3) is 0.417. The summed E-state index contributed by atoms with van der Waals surface area (Å²) in [7, 11) is 1.54. The highest BCUT2D eigenvalue weighted by molar-refractivity contribution is 9.08. The van der Waals surface area contributed by atoms with E-state index < -0.39 is 5.54 Å². The maximum Gasteiger partial charge on any atom is 0.271 e. The van der Waals surface area contributed by atoms with Crippen molar-refractivity contribution in [2.45, 2.75) is 23.7 Å². The van der Waals surface area contributed by atoms with Crippen molar-refractivity contribution >= 4 is 21.8 Å². The molecule has 1 fully saturated rings. The van der Waals surface area contributed by atoms with Crippen LogP contribution in [0.3, 0.4) is 0 Å². The summed E-state index contributed by atoms with van der Waals surface area (Å²) in [5.74, 6) is 0.266. The van der Waals surface area contributed by atoms with Gasteiger partial charge in [-0.2, -0.15) is 5.26 Å². The Hall–Kier alpha value is -1.61. The van der Waals surface area contributed by atoms with E-state index >= 15 is 0 Å². The van der Waals surface area contributed by atoms with Crippen LogP contribution >= 0.6 is 15.9 Å². The molecule has 0 radical (unpaired) electrons. The molecule has 0 aromatic carbocycles.